The van der Waals surface area contributed by atoms with Gasteiger partial charge in [-0.25, -0.2) is 4.39 Å². The van der Waals surface area contributed by atoms with E-state index in [0.29, 0.717) is 12.4 Å². The fourth-order valence-corrected chi connectivity index (χ4v) is 2.67. The lowest BCUT2D eigenvalue weighted by molar-refractivity contribution is 0.0349. The van der Waals surface area contributed by atoms with Crippen molar-refractivity contribution in [2.45, 2.75) is 25.0 Å². The van der Waals surface area contributed by atoms with Crippen molar-refractivity contribution in [1.82, 2.24) is 4.98 Å². The lowest BCUT2D eigenvalue weighted by atomic mass is 10.0. The second-order valence-corrected chi connectivity index (χ2v) is 5.47. The summed E-state index contributed by atoms with van der Waals surface area (Å²) in [5, 5.41) is 0.725. The monoisotopic (exact) mass is 302 g/mol. The van der Waals surface area contributed by atoms with E-state index in [-0.39, 0.29) is 18.0 Å². The van der Waals surface area contributed by atoms with Gasteiger partial charge in [-0.2, -0.15) is 0 Å². The molecular weight excluding hydrogens is 283 g/mol. The molecule has 1 fully saturated rings. The number of nitrogens with two attached hydrogens (primary N) is 1. The number of benzene rings is 1. The summed E-state index contributed by atoms with van der Waals surface area (Å²) in [6.45, 7) is 0.567. The molecule has 0 radical (unpaired) electrons. The maximum atomic E-state index is 13.5. The van der Waals surface area contributed by atoms with Crippen molar-refractivity contribution in [2.24, 2.45) is 5.73 Å². The lowest BCUT2D eigenvalue weighted by Crippen LogP contribution is -2.34. The first-order chi connectivity index (χ1) is 10.7. The molecule has 22 heavy (non-hydrogen) atoms. The van der Waals surface area contributed by atoms with Gasteiger partial charge in [-0.1, -0.05) is 12.2 Å². The molecule has 0 saturated carbocycles. The molecule has 2 aromatic rings. The Labute approximate surface area is 128 Å². The number of nitrogens with zero attached hydrogens (tertiary/aromatic N) is 1. The van der Waals surface area contributed by atoms with Crippen molar-refractivity contribution in [3.63, 3.8) is 0 Å². The molecule has 2 heterocycles. The van der Waals surface area contributed by atoms with Gasteiger partial charge in [0.05, 0.1) is 31.5 Å². The van der Waals surface area contributed by atoms with Crippen LogP contribution in [0.25, 0.3) is 17.0 Å². The number of hydrogen-bond donors (Lipinski definition) is 1. The molecule has 0 spiro atoms. The molecule has 116 valence electrons. The number of rotatable bonds is 3. The molecule has 2 N–H and O–H groups in total. The maximum absolute atomic E-state index is 13.5. The fourth-order valence-electron chi connectivity index (χ4n) is 2.67. The number of pyridine rings is 1. The van der Waals surface area contributed by atoms with Gasteiger partial charge in [0.25, 0.3) is 0 Å². The Kier molecular flexibility index (Phi) is 4.36. The van der Waals surface area contributed by atoms with Crippen LogP contribution in [-0.2, 0) is 4.74 Å². The molecule has 3 rings (SSSR count). The molecule has 4 nitrogen and oxygen atoms in total. The zero-order valence-electron chi connectivity index (χ0n) is 12.5. The predicted molar refractivity (Wildman–Crippen MR) is 84.2 cm³/mol. The van der Waals surface area contributed by atoms with Crippen LogP contribution in [0, 0.1) is 5.82 Å². The number of hydrogen-bond acceptors (Lipinski definition) is 4. The maximum Gasteiger partial charge on any atom is 0.142 e. The second-order valence-electron chi connectivity index (χ2n) is 5.47. The largest absolute Gasteiger partial charge is 0.496 e. The molecular formula is C17H19FN2O2. The summed E-state index contributed by atoms with van der Waals surface area (Å²) in [6.07, 6.45) is 6.97. The van der Waals surface area contributed by atoms with Gasteiger partial charge in [0.1, 0.15) is 11.6 Å². The third-order valence-electron chi connectivity index (χ3n) is 3.88. The third-order valence-corrected chi connectivity index (χ3v) is 3.88. The van der Waals surface area contributed by atoms with Crippen LogP contribution in [0.3, 0.4) is 0 Å². The van der Waals surface area contributed by atoms with Crippen molar-refractivity contribution >= 4 is 17.0 Å². The number of methoxy groups -OCH3 is 1. The van der Waals surface area contributed by atoms with Crippen molar-refractivity contribution in [1.29, 1.82) is 0 Å². The fraction of sp³-hybridized carbons (Fsp3) is 0.353. The van der Waals surface area contributed by atoms with E-state index in [1.165, 1.54) is 12.3 Å². The summed E-state index contributed by atoms with van der Waals surface area (Å²) >= 11 is 0. The van der Waals surface area contributed by atoms with Crippen LogP contribution in [0.5, 0.6) is 5.75 Å². The van der Waals surface area contributed by atoms with Gasteiger partial charge in [0.2, 0.25) is 0 Å². The summed E-state index contributed by atoms with van der Waals surface area (Å²) in [5.41, 5.74) is 7.36. The zero-order valence-corrected chi connectivity index (χ0v) is 12.5. The number of fused-ring (bicyclic) bond motifs is 1. The minimum absolute atomic E-state index is 0.0290. The normalized spacial score (nSPS) is 22.3. The van der Waals surface area contributed by atoms with Gasteiger partial charge in [-0.05, 0) is 31.0 Å². The highest BCUT2D eigenvalue weighted by molar-refractivity contribution is 5.90. The van der Waals surface area contributed by atoms with Crippen LogP contribution in [0.1, 0.15) is 18.4 Å². The molecule has 1 aliphatic heterocycles. The van der Waals surface area contributed by atoms with E-state index in [9.17, 15) is 4.39 Å². The van der Waals surface area contributed by atoms with E-state index in [4.69, 9.17) is 15.2 Å². The van der Waals surface area contributed by atoms with Crippen molar-refractivity contribution in [3.05, 3.63) is 41.9 Å². The van der Waals surface area contributed by atoms with E-state index in [2.05, 4.69) is 4.98 Å². The Bertz CT molecular complexity index is 694. The van der Waals surface area contributed by atoms with Crippen LogP contribution >= 0.6 is 0 Å². The summed E-state index contributed by atoms with van der Waals surface area (Å²) in [6, 6.07) is 5.25. The SMILES string of the molecule is COc1ccc2ncc(F)cc2c1C=CC1CCC(N)CO1. The minimum Gasteiger partial charge on any atom is -0.496 e. The predicted octanol–water partition coefficient (Wildman–Crippen LogP) is 2.90. The molecule has 2 unspecified atom stereocenters. The van der Waals surface area contributed by atoms with Crippen molar-refractivity contribution < 1.29 is 13.9 Å². The molecule has 0 bridgehead atoms. The zero-order chi connectivity index (χ0) is 15.5. The van der Waals surface area contributed by atoms with Crippen LogP contribution in [0.4, 0.5) is 4.39 Å². The van der Waals surface area contributed by atoms with E-state index in [0.717, 1.165) is 29.3 Å². The summed E-state index contributed by atoms with van der Waals surface area (Å²) in [4.78, 5) is 4.11. The highest BCUT2D eigenvalue weighted by Gasteiger charge is 2.17. The first-order valence-corrected chi connectivity index (χ1v) is 7.35. The number of aromatic nitrogens is 1. The Morgan fingerprint density at radius 1 is 1.41 bits per heavy atom. The smallest absolute Gasteiger partial charge is 0.142 e. The first kappa shape index (κ1) is 14.9. The van der Waals surface area contributed by atoms with Gasteiger partial charge < -0.3 is 15.2 Å². The average Bonchev–Trinajstić information content (AvgIpc) is 2.54. The van der Waals surface area contributed by atoms with Gasteiger partial charge in [0, 0.05) is 17.0 Å². The molecule has 0 aliphatic carbocycles. The van der Waals surface area contributed by atoms with Gasteiger partial charge in [0.15, 0.2) is 0 Å². The summed E-state index contributed by atoms with van der Waals surface area (Å²) in [5.74, 6) is 0.318. The standard InChI is InChI=1S/C17H19FN2O2/c1-21-17-7-6-16-15(8-11(18)9-20-16)14(17)5-4-13-3-2-12(19)10-22-13/h4-9,12-13H,2-3,10,19H2,1H3. The highest BCUT2D eigenvalue weighted by atomic mass is 19.1. The van der Waals surface area contributed by atoms with E-state index in [1.807, 2.05) is 24.3 Å². The molecule has 5 heteroatoms. The second kappa shape index (κ2) is 6.42. The van der Waals surface area contributed by atoms with Crippen molar-refractivity contribution in [3.8, 4) is 5.75 Å². The molecule has 1 aliphatic rings. The lowest BCUT2D eigenvalue weighted by Gasteiger charge is -2.24. The van der Waals surface area contributed by atoms with Crippen LogP contribution in [0.2, 0.25) is 0 Å². The molecule has 0 amide bonds. The number of halogens is 1. The minimum atomic E-state index is -0.365. The Morgan fingerprint density at radius 2 is 2.27 bits per heavy atom. The van der Waals surface area contributed by atoms with Crippen LogP contribution in [0.15, 0.2) is 30.5 Å². The van der Waals surface area contributed by atoms with Gasteiger partial charge in [-0.3, -0.25) is 4.98 Å². The van der Waals surface area contributed by atoms with E-state index >= 15 is 0 Å². The van der Waals surface area contributed by atoms with Crippen LogP contribution in [-0.4, -0.2) is 30.8 Å². The topological polar surface area (TPSA) is 57.4 Å². The molecule has 2 atom stereocenters. The molecule has 1 aromatic heterocycles. The molecule has 1 aromatic carbocycles. The quantitative estimate of drug-likeness (QED) is 0.947. The first-order valence-electron chi connectivity index (χ1n) is 7.35. The summed E-state index contributed by atoms with van der Waals surface area (Å²) < 4.78 is 24.6. The van der Waals surface area contributed by atoms with Crippen LogP contribution < -0.4 is 10.5 Å². The van der Waals surface area contributed by atoms with E-state index in [1.54, 1.807) is 7.11 Å². The molecule has 1 saturated heterocycles. The van der Waals surface area contributed by atoms with Crippen molar-refractivity contribution in [2.75, 3.05) is 13.7 Å². The van der Waals surface area contributed by atoms with Gasteiger partial charge >= 0.3 is 0 Å². The van der Waals surface area contributed by atoms with Gasteiger partial charge in [-0.15, -0.1) is 0 Å². The Morgan fingerprint density at radius 3 is 3.00 bits per heavy atom. The summed E-state index contributed by atoms with van der Waals surface area (Å²) in [7, 11) is 1.60. The third kappa shape index (κ3) is 3.10. The number of ether oxygens (including phenoxy) is 2. The Balaban J connectivity index is 1.95. The highest BCUT2D eigenvalue weighted by Crippen LogP contribution is 2.29. The average molecular weight is 302 g/mol. The van der Waals surface area contributed by atoms with E-state index < -0.39 is 0 Å². The Hall–Kier alpha value is -1.98.